The van der Waals surface area contributed by atoms with Crippen LogP contribution in [0.15, 0.2) is 18.2 Å². The predicted octanol–water partition coefficient (Wildman–Crippen LogP) is 1.93. The minimum atomic E-state index is -0.541. The highest BCUT2D eigenvalue weighted by atomic mass is 19.1. The molecule has 1 N–H and O–H groups in total. The van der Waals surface area contributed by atoms with Gasteiger partial charge in [-0.05, 0) is 26.0 Å². The van der Waals surface area contributed by atoms with E-state index in [4.69, 9.17) is 4.74 Å². The fourth-order valence-electron chi connectivity index (χ4n) is 1.39. The maximum absolute atomic E-state index is 13.1. The maximum atomic E-state index is 13.1. The van der Waals surface area contributed by atoms with Crippen molar-refractivity contribution < 1.29 is 18.7 Å². The SMILES string of the molecule is CC(C)NC(=O)CCOc1cc(F)cc(C=O)c1. The number of carbonyl (C=O) groups excluding carboxylic acids is 2. The third kappa shape index (κ3) is 4.95. The number of rotatable bonds is 6. The lowest BCUT2D eigenvalue weighted by molar-refractivity contribution is -0.122. The number of hydrogen-bond acceptors (Lipinski definition) is 3. The molecule has 0 bridgehead atoms. The fourth-order valence-corrected chi connectivity index (χ4v) is 1.39. The third-order valence-corrected chi connectivity index (χ3v) is 2.08. The lowest BCUT2D eigenvalue weighted by Crippen LogP contribution is -2.31. The van der Waals surface area contributed by atoms with E-state index in [2.05, 4.69) is 5.32 Å². The Morgan fingerprint density at radius 2 is 2.17 bits per heavy atom. The molecule has 5 heteroatoms. The zero-order valence-electron chi connectivity index (χ0n) is 10.4. The standard InChI is InChI=1S/C13H16FNO3/c1-9(2)15-13(17)3-4-18-12-6-10(8-16)5-11(14)7-12/h5-9H,3-4H2,1-2H3,(H,15,17). The van der Waals surface area contributed by atoms with Gasteiger partial charge in [0.05, 0.1) is 13.0 Å². The highest BCUT2D eigenvalue weighted by molar-refractivity contribution is 5.76. The van der Waals surface area contributed by atoms with Crippen LogP contribution in [0.3, 0.4) is 0 Å². The van der Waals surface area contributed by atoms with E-state index in [9.17, 15) is 14.0 Å². The molecule has 0 saturated carbocycles. The number of amides is 1. The second kappa shape index (κ2) is 6.74. The first kappa shape index (κ1) is 14.2. The fraction of sp³-hybridized carbons (Fsp3) is 0.385. The summed E-state index contributed by atoms with van der Waals surface area (Å²) in [7, 11) is 0. The first-order valence-corrected chi connectivity index (χ1v) is 5.69. The van der Waals surface area contributed by atoms with E-state index in [1.807, 2.05) is 13.8 Å². The molecule has 1 aromatic rings. The van der Waals surface area contributed by atoms with Crippen molar-refractivity contribution in [1.29, 1.82) is 0 Å². The molecule has 0 heterocycles. The van der Waals surface area contributed by atoms with E-state index < -0.39 is 5.82 Å². The van der Waals surface area contributed by atoms with E-state index in [1.165, 1.54) is 12.1 Å². The molecule has 18 heavy (non-hydrogen) atoms. The topological polar surface area (TPSA) is 55.4 Å². The number of nitrogens with one attached hydrogen (secondary N) is 1. The molecule has 1 amide bonds. The molecule has 0 aliphatic carbocycles. The molecule has 1 rings (SSSR count). The van der Waals surface area contributed by atoms with Gasteiger partial charge in [-0.15, -0.1) is 0 Å². The van der Waals surface area contributed by atoms with E-state index in [-0.39, 0.29) is 36.3 Å². The number of carbonyl (C=O) groups is 2. The number of hydrogen-bond donors (Lipinski definition) is 1. The molecule has 0 aliphatic rings. The van der Waals surface area contributed by atoms with Crippen LogP contribution in [0.4, 0.5) is 4.39 Å². The second-order valence-corrected chi connectivity index (χ2v) is 4.16. The molecular formula is C13H16FNO3. The van der Waals surface area contributed by atoms with Gasteiger partial charge in [-0.25, -0.2) is 4.39 Å². The summed E-state index contributed by atoms with van der Waals surface area (Å²) in [5, 5.41) is 2.71. The Labute approximate surface area is 105 Å². The van der Waals surface area contributed by atoms with Gasteiger partial charge in [-0.2, -0.15) is 0 Å². The van der Waals surface area contributed by atoms with E-state index in [1.54, 1.807) is 0 Å². The molecule has 1 aromatic carbocycles. The van der Waals surface area contributed by atoms with Crippen LogP contribution >= 0.6 is 0 Å². The Bertz CT molecular complexity index is 432. The van der Waals surface area contributed by atoms with Crippen LogP contribution in [-0.2, 0) is 4.79 Å². The Morgan fingerprint density at radius 1 is 1.44 bits per heavy atom. The first-order valence-electron chi connectivity index (χ1n) is 5.69. The largest absolute Gasteiger partial charge is 0.493 e. The smallest absolute Gasteiger partial charge is 0.223 e. The molecule has 0 unspecified atom stereocenters. The monoisotopic (exact) mass is 253 g/mol. The lowest BCUT2D eigenvalue weighted by atomic mass is 10.2. The van der Waals surface area contributed by atoms with Crippen molar-refractivity contribution in [2.24, 2.45) is 0 Å². The van der Waals surface area contributed by atoms with Crippen LogP contribution < -0.4 is 10.1 Å². The summed E-state index contributed by atoms with van der Waals surface area (Å²) < 4.78 is 18.3. The summed E-state index contributed by atoms with van der Waals surface area (Å²) in [6.45, 7) is 3.86. The highest BCUT2D eigenvalue weighted by Crippen LogP contribution is 2.15. The average Bonchev–Trinajstić information content (AvgIpc) is 2.27. The van der Waals surface area contributed by atoms with Crippen LogP contribution in [0.25, 0.3) is 0 Å². The molecule has 0 saturated heterocycles. The van der Waals surface area contributed by atoms with Crippen molar-refractivity contribution in [1.82, 2.24) is 5.32 Å². The Hall–Kier alpha value is -1.91. The summed E-state index contributed by atoms with van der Waals surface area (Å²) in [4.78, 5) is 21.8. The van der Waals surface area contributed by atoms with E-state index in [0.717, 1.165) is 6.07 Å². The maximum Gasteiger partial charge on any atom is 0.223 e. The highest BCUT2D eigenvalue weighted by Gasteiger charge is 2.05. The molecule has 98 valence electrons. The van der Waals surface area contributed by atoms with Gasteiger partial charge < -0.3 is 10.1 Å². The zero-order valence-corrected chi connectivity index (χ0v) is 10.4. The molecule has 0 aliphatic heterocycles. The van der Waals surface area contributed by atoms with Crippen LogP contribution in [0.5, 0.6) is 5.75 Å². The van der Waals surface area contributed by atoms with Crippen molar-refractivity contribution in [2.45, 2.75) is 26.3 Å². The number of ether oxygens (including phenoxy) is 1. The minimum Gasteiger partial charge on any atom is -0.493 e. The van der Waals surface area contributed by atoms with Crippen LogP contribution in [0.2, 0.25) is 0 Å². The number of benzene rings is 1. The van der Waals surface area contributed by atoms with Gasteiger partial charge in [0.1, 0.15) is 17.9 Å². The summed E-state index contributed by atoms with van der Waals surface area (Å²) in [5.41, 5.74) is 0.205. The zero-order chi connectivity index (χ0) is 13.5. The lowest BCUT2D eigenvalue weighted by Gasteiger charge is -2.09. The van der Waals surface area contributed by atoms with E-state index in [0.29, 0.717) is 6.29 Å². The molecule has 0 radical (unpaired) electrons. The van der Waals surface area contributed by atoms with E-state index >= 15 is 0 Å². The van der Waals surface area contributed by atoms with Crippen molar-refractivity contribution in [2.75, 3.05) is 6.61 Å². The van der Waals surface area contributed by atoms with Crippen molar-refractivity contribution in [3.63, 3.8) is 0 Å². The molecule has 0 spiro atoms. The summed E-state index contributed by atoms with van der Waals surface area (Å²) in [5.74, 6) is -0.423. The molecule has 0 aromatic heterocycles. The van der Waals surface area contributed by atoms with Gasteiger partial charge in [-0.1, -0.05) is 0 Å². The average molecular weight is 253 g/mol. The minimum absolute atomic E-state index is 0.0772. The molecule has 0 fully saturated rings. The first-order chi connectivity index (χ1) is 8.51. The third-order valence-electron chi connectivity index (χ3n) is 2.08. The van der Waals surface area contributed by atoms with Crippen molar-refractivity contribution >= 4 is 12.2 Å². The molecular weight excluding hydrogens is 237 g/mol. The summed E-state index contributed by atoms with van der Waals surface area (Å²) in [6.07, 6.45) is 0.729. The van der Waals surface area contributed by atoms with Crippen LogP contribution in [0, 0.1) is 5.82 Å². The second-order valence-electron chi connectivity index (χ2n) is 4.16. The van der Waals surface area contributed by atoms with Crippen LogP contribution in [-0.4, -0.2) is 24.8 Å². The Morgan fingerprint density at radius 3 is 2.78 bits per heavy atom. The van der Waals surface area contributed by atoms with Crippen molar-refractivity contribution in [3.8, 4) is 5.75 Å². The van der Waals surface area contributed by atoms with Gasteiger partial charge in [0.25, 0.3) is 0 Å². The quantitative estimate of drug-likeness (QED) is 0.788. The number of aldehydes is 1. The van der Waals surface area contributed by atoms with Gasteiger partial charge in [0.2, 0.25) is 5.91 Å². The van der Waals surface area contributed by atoms with Gasteiger partial charge >= 0.3 is 0 Å². The molecule has 0 atom stereocenters. The normalized spacial score (nSPS) is 10.2. The van der Waals surface area contributed by atoms with Crippen molar-refractivity contribution in [3.05, 3.63) is 29.6 Å². The van der Waals surface area contributed by atoms with Gasteiger partial charge in [0, 0.05) is 17.7 Å². The predicted molar refractivity (Wildman–Crippen MR) is 65.2 cm³/mol. The number of halogens is 1. The molecule has 4 nitrogen and oxygen atoms in total. The summed E-state index contributed by atoms with van der Waals surface area (Å²) >= 11 is 0. The van der Waals surface area contributed by atoms with Crippen LogP contribution in [0.1, 0.15) is 30.6 Å². The van der Waals surface area contributed by atoms with Gasteiger partial charge in [0.15, 0.2) is 0 Å². The Kier molecular flexibility index (Phi) is 5.30. The Balaban J connectivity index is 2.46. The van der Waals surface area contributed by atoms with Gasteiger partial charge in [-0.3, -0.25) is 9.59 Å². The summed E-state index contributed by atoms with van der Waals surface area (Å²) in [6, 6.07) is 3.79.